The van der Waals surface area contributed by atoms with Crippen LogP contribution in [-0.4, -0.2) is 35.5 Å². The minimum absolute atomic E-state index is 0.0667. The number of hydrogen-bond donors (Lipinski definition) is 2. The number of nitriles is 1. The van der Waals surface area contributed by atoms with Crippen molar-refractivity contribution in [2.24, 2.45) is 0 Å². The quantitative estimate of drug-likeness (QED) is 0.527. The van der Waals surface area contributed by atoms with Crippen LogP contribution >= 0.6 is 0 Å². The number of hydrogen-bond acceptors (Lipinski definition) is 8. The van der Waals surface area contributed by atoms with Gasteiger partial charge in [0, 0.05) is 11.8 Å². The van der Waals surface area contributed by atoms with Gasteiger partial charge in [0.2, 0.25) is 0 Å². The molecule has 12 heteroatoms. The summed E-state index contributed by atoms with van der Waals surface area (Å²) in [5, 5.41) is 21.6. The van der Waals surface area contributed by atoms with Crippen LogP contribution in [0.25, 0.3) is 0 Å². The SMILES string of the molecule is N#COc1cnc(N2CCOc3c(C(=O)Nc4ccc(OC(F)(F)F)cc4)cccc32)c(O)c1. The van der Waals surface area contributed by atoms with Crippen LogP contribution in [0, 0.1) is 11.5 Å². The normalized spacial score (nSPS) is 12.7. The van der Waals surface area contributed by atoms with Crippen LogP contribution in [0.5, 0.6) is 23.0 Å². The molecule has 0 atom stereocenters. The Morgan fingerprint density at radius 2 is 1.97 bits per heavy atom. The lowest BCUT2D eigenvalue weighted by Gasteiger charge is -2.31. The molecule has 1 aromatic heterocycles. The number of carbonyl (C=O) groups is 1. The second-order valence-electron chi connectivity index (χ2n) is 6.89. The average Bonchev–Trinajstić information content (AvgIpc) is 2.79. The fraction of sp³-hybridized carbons (Fsp3) is 0.136. The maximum Gasteiger partial charge on any atom is 0.573 e. The maximum absolute atomic E-state index is 12.9. The van der Waals surface area contributed by atoms with Crippen molar-refractivity contribution in [1.29, 1.82) is 5.26 Å². The number of alkyl halides is 3. The van der Waals surface area contributed by atoms with E-state index in [0.29, 0.717) is 12.2 Å². The van der Waals surface area contributed by atoms with E-state index in [1.54, 1.807) is 17.0 Å². The monoisotopic (exact) mass is 472 g/mol. The summed E-state index contributed by atoms with van der Waals surface area (Å²) in [7, 11) is 0. The molecule has 0 bridgehead atoms. The van der Waals surface area contributed by atoms with E-state index in [9.17, 15) is 23.1 Å². The van der Waals surface area contributed by atoms with Gasteiger partial charge in [0.05, 0.1) is 24.0 Å². The summed E-state index contributed by atoms with van der Waals surface area (Å²) in [6.45, 7) is 0.496. The van der Waals surface area contributed by atoms with Crippen LogP contribution in [0.2, 0.25) is 0 Å². The molecule has 34 heavy (non-hydrogen) atoms. The Kier molecular flexibility index (Phi) is 6.01. The standard InChI is InChI=1S/C22H15F3N4O5/c23-22(24,25)34-14-6-4-13(5-7-14)28-21(31)16-2-1-3-17-19(16)32-9-8-29(17)20-18(30)10-15(11-27-20)33-12-26/h1-7,10-11,30H,8-9H2,(H,28,31). The van der Waals surface area contributed by atoms with Gasteiger partial charge in [-0.05, 0) is 36.4 Å². The first kappa shape index (κ1) is 22.5. The van der Waals surface area contributed by atoms with Gasteiger partial charge < -0.3 is 29.5 Å². The molecule has 0 saturated carbocycles. The number of nitrogens with one attached hydrogen (secondary N) is 1. The van der Waals surface area contributed by atoms with Crippen LogP contribution in [0.15, 0.2) is 54.7 Å². The number of nitrogens with zero attached hydrogens (tertiary/aromatic N) is 3. The van der Waals surface area contributed by atoms with E-state index < -0.39 is 18.0 Å². The van der Waals surface area contributed by atoms with Crippen molar-refractivity contribution in [2.75, 3.05) is 23.4 Å². The minimum atomic E-state index is -4.82. The number of aromatic nitrogens is 1. The molecular weight excluding hydrogens is 457 g/mol. The first-order valence-corrected chi connectivity index (χ1v) is 9.70. The molecule has 0 spiro atoms. The summed E-state index contributed by atoms with van der Waals surface area (Å²) in [5.74, 6) is -0.735. The molecule has 2 N–H and O–H groups in total. The molecular formula is C22H15F3N4O5. The third-order valence-electron chi connectivity index (χ3n) is 4.68. The number of para-hydroxylation sites is 1. The number of pyridine rings is 1. The second kappa shape index (κ2) is 9.07. The second-order valence-corrected chi connectivity index (χ2v) is 6.89. The van der Waals surface area contributed by atoms with Gasteiger partial charge in [-0.3, -0.25) is 4.79 Å². The number of rotatable bonds is 5. The first-order chi connectivity index (χ1) is 16.2. The highest BCUT2D eigenvalue weighted by molar-refractivity contribution is 6.07. The number of benzene rings is 2. The Morgan fingerprint density at radius 1 is 1.21 bits per heavy atom. The van der Waals surface area contributed by atoms with E-state index >= 15 is 0 Å². The molecule has 174 valence electrons. The van der Waals surface area contributed by atoms with E-state index in [2.05, 4.69) is 19.8 Å². The fourth-order valence-electron chi connectivity index (χ4n) is 3.33. The average molecular weight is 472 g/mol. The lowest BCUT2D eigenvalue weighted by Crippen LogP contribution is -2.30. The van der Waals surface area contributed by atoms with E-state index in [0.717, 1.165) is 12.1 Å². The largest absolute Gasteiger partial charge is 0.573 e. The van der Waals surface area contributed by atoms with Crippen molar-refractivity contribution in [3.8, 4) is 29.3 Å². The van der Waals surface area contributed by atoms with Crippen molar-refractivity contribution in [1.82, 2.24) is 4.98 Å². The number of amides is 1. The van der Waals surface area contributed by atoms with Crippen molar-refractivity contribution < 1.29 is 37.3 Å². The number of ether oxygens (including phenoxy) is 3. The molecule has 9 nitrogen and oxygen atoms in total. The zero-order valence-corrected chi connectivity index (χ0v) is 17.2. The molecule has 0 radical (unpaired) electrons. The molecule has 2 aromatic carbocycles. The summed E-state index contributed by atoms with van der Waals surface area (Å²) >= 11 is 0. The topological polar surface area (TPSA) is 117 Å². The Morgan fingerprint density at radius 3 is 2.65 bits per heavy atom. The lowest BCUT2D eigenvalue weighted by atomic mass is 10.1. The molecule has 2 heterocycles. The van der Waals surface area contributed by atoms with E-state index in [4.69, 9.17) is 10.00 Å². The fourth-order valence-corrected chi connectivity index (χ4v) is 3.33. The molecule has 1 aliphatic rings. The highest BCUT2D eigenvalue weighted by Crippen LogP contribution is 2.42. The van der Waals surface area contributed by atoms with E-state index in [1.165, 1.54) is 36.7 Å². The zero-order chi connectivity index (χ0) is 24.3. The van der Waals surface area contributed by atoms with Crippen LogP contribution in [-0.2, 0) is 0 Å². The van der Waals surface area contributed by atoms with Crippen LogP contribution in [0.4, 0.5) is 30.4 Å². The number of halogens is 3. The third-order valence-corrected chi connectivity index (χ3v) is 4.68. The third kappa shape index (κ3) is 4.88. The molecule has 0 saturated heterocycles. The maximum atomic E-state index is 12.9. The van der Waals surface area contributed by atoms with Gasteiger partial charge in [-0.2, -0.15) is 0 Å². The van der Waals surface area contributed by atoms with Gasteiger partial charge in [0.1, 0.15) is 12.4 Å². The number of aromatic hydroxyl groups is 1. The van der Waals surface area contributed by atoms with Crippen molar-refractivity contribution >= 4 is 23.1 Å². The van der Waals surface area contributed by atoms with Crippen molar-refractivity contribution in [3.05, 3.63) is 60.3 Å². The minimum Gasteiger partial charge on any atom is -0.504 e. The van der Waals surface area contributed by atoms with Crippen molar-refractivity contribution in [2.45, 2.75) is 6.36 Å². The predicted octanol–water partition coefficient (Wildman–Crippen LogP) is 4.33. The highest BCUT2D eigenvalue weighted by Gasteiger charge is 2.31. The van der Waals surface area contributed by atoms with E-state index in [-0.39, 0.29) is 40.9 Å². The Balaban J connectivity index is 1.58. The highest BCUT2D eigenvalue weighted by atomic mass is 19.4. The number of anilines is 3. The van der Waals surface area contributed by atoms with Gasteiger partial charge >= 0.3 is 6.36 Å². The molecule has 0 unspecified atom stereocenters. The summed E-state index contributed by atoms with van der Waals surface area (Å²) in [5.41, 5.74) is 0.878. The van der Waals surface area contributed by atoms with Gasteiger partial charge in [-0.25, -0.2) is 4.98 Å². The summed E-state index contributed by atoms with van der Waals surface area (Å²) < 4.78 is 51.1. The van der Waals surface area contributed by atoms with Gasteiger partial charge in [-0.15, -0.1) is 18.4 Å². The van der Waals surface area contributed by atoms with Gasteiger partial charge in [0.25, 0.3) is 12.2 Å². The van der Waals surface area contributed by atoms with E-state index in [1.807, 2.05) is 0 Å². The summed E-state index contributed by atoms with van der Waals surface area (Å²) in [6, 6.07) is 10.8. The molecule has 0 fully saturated rings. The van der Waals surface area contributed by atoms with Gasteiger partial charge in [0.15, 0.2) is 23.1 Å². The molecule has 1 aliphatic heterocycles. The van der Waals surface area contributed by atoms with Crippen molar-refractivity contribution in [3.63, 3.8) is 0 Å². The number of carbonyl (C=O) groups excluding carboxylic acids is 1. The Labute approximate surface area is 190 Å². The lowest BCUT2D eigenvalue weighted by molar-refractivity contribution is -0.274. The smallest absolute Gasteiger partial charge is 0.504 e. The predicted molar refractivity (Wildman–Crippen MR) is 112 cm³/mol. The Bertz CT molecular complexity index is 1260. The first-order valence-electron chi connectivity index (χ1n) is 9.70. The summed E-state index contributed by atoms with van der Waals surface area (Å²) in [4.78, 5) is 18.7. The zero-order valence-electron chi connectivity index (χ0n) is 17.2. The van der Waals surface area contributed by atoms with Gasteiger partial charge in [-0.1, -0.05) is 6.07 Å². The number of fused-ring (bicyclic) bond motifs is 1. The molecule has 3 aromatic rings. The summed E-state index contributed by atoms with van der Waals surface area (Å²) in [6.07, 6.45) is -2.05. The van der Waals surface area contributed by atoms with Crippen LogP contribution in [0.1, 0.15) is 10.4 Å². The van der Waals surface area contributed by atoms with Crippen LogP contribution < -0.4 is 24.4 Å². The Hall–Kier alpha value is -4.66. The molecule has 1 amide bonds. The molecule has 4 rings (SSSR count). The molecule has 0 aliphatic carbocycles. The van der Waals surface area contributed by atoms with Crippen LogP contribution in [0.3, 0.4) is 0 Å².